The van der Waals surface area contributed by atoms with Crippen molar-refractivity contribution in [3.05, 3.63) is 0 Å². The van der Waals surface area contributed by atoms with E-state index >= 15 is 0 Å². The van der Waals surface area contributed by atoms with Gasteiger partial charge in [-0.2, -0.15) is 0 Å². The maximum absolute atomic E-state index is 11.6. The molecule has 1 fully saturated rings. The Hall–Kier alpha value is -0.610. The molecule has 1 aliphatic heterocycles. The van der Waals surface area contributed by atoms with E-state index in [9.17, 15) is 9.90 Å². The zero-order chi connectivity index (χ0) is 11.1. The average Bonchev–Trinajstić information content (AvgIpc) is 2.27. The summed E-state index contributed by atoms with van der Waals surface area (Å²) in [6.07, 6.45) is 3.11. The van der Waals surface area contributed by atoms with Gasteiger partial charge in [-0.15, -0.1) is 0 Å². The van der Waals surface area contributed by atoms with E-state index in [4.69, 9.17) is 4.74 Å². The predicted octanol–water partition coefficient (Wildman–Crippen LogP) is 0.690. The van der Waals surface area contributed by atoms with E-state index in [0.717, 1.165) is 32.3 Å². The van der Waals surface area contributed by atoms with Gasteiger partial charge in [0.25, 0.3) is 0 Å². The van der Waals surface area contributed by atoms with Crippen LogP contribution in [0.1, 0.15) is 32.6 Å². The highest BCUT2D eigenvalue weighted by Gasteiger charge is 2.21. The Morgan fingerprint density at radius 1 is 1.67 bits per heavy atom. The third-order valence-corrected chi connectivity index (χ3v) is 2.66. The highest BCUT2D eigenvalue weighted by atomic mass is 16.5. The van der Waals surface area contributed by atoms with Gasteiger partial charge in [-0.05, 0) is 19.3 Å². The fraction of sp³-hybridized carbons (Fsp3) is 0.909. The van der Waals surface area contributed by atoms with Crippen LogP contribution in [0.2, 0.25) is 0 Å². The van der Waals surface area contributed by atoms with Crippen LogP contribution in [0, 0.1) is 5.92 Å². The molecule has 1 aliphatic rings. The third kappa shape index (κ3) is 4.62. The normalized spacial score (nSPS) is 23.5. The number of carbonyl (C=O) groups excluding carboxylic acids is 1. The molecule has 1 rings (SSSR count). The van der Waals surface area contributed by atoms with Gasteiger partial charge < -0.3 is 15.2 Å². The molecule has 0 spiro atoms. The lowest BCUT2D eigenvalue weighted by molar-refractivity contribution is -0.129. The van der Waals surface area contributed by atoms with Crippen molar-refractivity contribution in [1.82, 2.24) is 5.32 Å². The van der Waals surface area contributed by atoms with Crippen LogP contribution >= 0.6 is 0 Å². The van der Waals surface area contributed by atoms with E-state index in [1.807, 2.05) is 6.92 Å². The third-order valence-electron chi connectivity index (χ3n) is 2.66. The molecule has 0 aromatic heterocycles. The number of rotatable bonds is 5. The van der Waals surface area contributed by atoms with Crippen LogP contribution in [0.4, 0.5) is 0 Å². The highest BCUT2D eigenvalue weighted by Crippen LogP contribution is 2.13. The molecule has 15 heavy (non-hydrogen) atoms. The summed E-state index contributed by atoms with van der Waals surface area (Å²) < 4.78 is 5.23. The monoisotopic (exact) mass is 215 g/mol. The van der Waals surface area contributed by atoms with E-state index in [1.165, 1.54) is 0 Å². The molecule has 4 nitrogen and oxygen atoms in total. The number of aliphatic hydroxyl groups is 1. The Morgan fingerprint density at radius 2 is 2.47 bits per heavy atom. The van der Waals surface area contributed by atoms with Crippen LogP contribution in [0.25, 0.3) is 0 Å². The van der Waals surface area contributed by atoms with Gasteiger partial charge in [0, 0.05) is 13.2 Å². The molecule has 0 radical (unpaired) electrons. The van der Waals surface area contributed by atoms with Crippen molar-refractivity contribution in [3.8, 4) is 0 Å². The van der Waals surface area contributed by atoms with E-state index in [1.54, 1.807) is 0 Å². The van der Waals surface area contributed by atoms with Crippen molar-refractivity contribution >= 4 is 5.91 Å². The number of hydrogen-bond acceptors (Lipinski definition) is 3. The number of amides is 1. The first-order valence-electron chi connectivity index (χ1n) is 5.77. The van der Waals surface area contributed by atoms with Crippen molar-refractivity contribution in [2.45, 2.75) is 38.7 Å². The molecule has 88 valence electrons. The smallest absolute Gasteiger partial charge is 0.225 e. The van der Waals surface area contributed by atoms with Gasteiger partial charge in [-0.1, -0.05) is 13.3 Å². The minimum absolute atomic E-state index is 0.0184. The predicted molar refractivity (Wildman–Crippen MR) is 57.5 cm³/mol. The number of carbonyl (C=O) groups is 1. The molecule has 2 unspecified atom stereocenters. The van der Waals surface area contributed by atoms with Crippen LogP contribution in [0.15, 0.2) is 0 Å². The molecular weight excluding hydrogens is 194 g/mol. The van der Waals surface area contributed by atoms with E-state index in [0.29, 0.717) is 13.2 Å². The average molecular weight is 215 g/mol. The second-order valence-corrected chi connectivity index (χ2v) is 4.10. The van der Waals surface area contributed by atoms with Crippen molar-refractivity contribution in [1.29, 1.82) is 0 Å². The first-order chi connectivity index (χ1) is 7.24. The van der Waals surface area contributed by atoms with Crippen molar-refractivity contribution in [2.24, 2.45) is 5.92 Å². The molecule has 2 N–H and O–H groups in total. The summed E-state index contributed by atoms with van der Waals surface area (Å²) in [5.41, 5.74) is 0. The zero-order valence-electron chi connectivity index (χ0n) is 9.37. The fourth-order valence-corrected chi connectivity index (χ4v) is 1.75. The fourth-order valence-electron chi connectivity index (χ4n) is 1.75. The lowest BCUT2D eigenvalue weighted by Gasteiger charge is -2.21. The minimum atomic E-state index is -0.413. The molecule has 0 aliphatic carbocycles. The highest BCUT2D eigenvalue weighted by molar-refractivity contribution is 5.78. The molecule has 4 heteroatoms. The lowest BCUT2D eigenvalue weighted by Crippen LogP contribution is -2.39. The number of ether oxygens (including phenoxy) is 1. The quantitative estimate of drug-likeness (QED) is 0.709. The van der Waals surface area contributed by atoms with Gasteiger partial charge >= 0.3 is 0 Å². The van der Waals surface area contributed by atoms with Crippen molar-refractivity contribution in [2.75, 3.05) is 19.8 Å². The molecule has 0 aromatic rings. The largest absolute Gasteiger partial charge is 0.391 e. The topological polar surface area (TPSA) is 58.6 Å². The molecule has 1 saturated heterocycles. The Morgan fingerprint density at radius 3 is 3.07 bits per heavy atom. The van der Waals surface area contributed by atoms with E-state index < -0.39 is 6.10 Å². The second-order valence-electron chi connectivity index (χ2n) is 4.10. The van der Waals surface area contributed by atoms with E-state index in [2.05, 4.69) is 5.32 Å². The molecule has 0 saturated carbocycles. The number of aliphatic hydroxyl groups excluding tert-OH is 1. The summed E-state index contributed by atoms with van der Waals surface area (Å²) in [5.74, 6) is -0.00238. The molecule has 2 atom stereocenters. The van der Waals surface area contributed by atoms with Crippen molar-refractivity contribution in [3.63, 3.8) is 0 Å². The minimum Gasteiger partial charge on any atom is -0.391 e. The Bertz CT molecular complexity index is 190. The van der Waals surface area contributed by atoms with Gasteiger partial charge in [0.1, 0.15) is 0 Å². The van der Waals surface area contributed by atoms with Gasteiger partial charge in [-0.3, -0.25) is 4.79 Å². The standard InChI is InChI=1S/C11H21NO3/c1-2-4-10(13)7-12-11(14)9-5-3-6-15-8-9/h9-10,13H,2-8H2,1H3,(H,12,14). The van der Waals surface area contributed by atoms with Crippen LogP contribution < -0.4 is 5.32 Å². The molecule has 0 bridgehead atoms. The summed E-state index contributed by atoms with van der Waals surface area (Å²) in [6.45, 7) is 3.67. The van der Waals surface area contributed by atoms with Crippen molar-refractivity contribution < 1.29 is 14.6 Å². The molecule has 1 amide bonds. The molecular formula is C11H21NO3. The maximum atomic E-state index is 11.6. The number of nitrogens with one attached hydrogen (secondary N) is 1. The molecule has 0 aromatic carbocycles. The van der Waals surface area contributed by atoms with Crippen LogP contribution in [-0.4, -0.2) is 36.9 Å². The van der Waals surface area contributed by atoms with Gasteiger partial charge in [0.2, 0.25) is 5.91 Å². The number of hydrogen-bond donors (Lipinski definition) is 2. The van der Waals surface area contributed by atoms with E-state index in [-0.39, 0.29) is 11.8 Å². The van der Waals surface area contributed by atoms with Crippen LogP contribution in [0.3, 0.4) is 0 Å². The second kappa shape index (κ2) is 6.80. The Kier molecular flexibility index (Phi) is 5.65. The Labute approximate surface area is 91.0 Å². The summed E-state index contributed by atoms with van der Waals surface area (Å²) in [7, 11) is 0. The first kappa shape index (κ1) is 12.5. The first-order valence-corrected chi connectivity index (χ1v) is 5.77. The van der Waals surface area contributed by atoms with Gasteiger partial charge in [0.15, 0.2) is 0 Å². The summed E-state index contributed by atoms with van der Waals surface area (Å²) in [6, 6.07) is 0. The zero-order valence-corrected chi connectivity index (χ0v) is 9.37. The summed E-state index contributed by atoms with van der Waals surface area (Å²) >= 11 is 0. The molecule has 1 heterocycles. The van der Waals surface area contributed by atoms with Crippen LogP contribution in [-0.2, 0) is 9.53 Å². The summed E-state index contributed by atoms with van der Waals surface area (Å²) in [4.78, 5) is 11.6. The van der Waals surface area contributed by atoms with Crippen LogP contribution in [0.5, 0.6) is 0 Å². The summed E-state index contributed by atoms with van der Waals surface area (Å²) in [5, 5.41) is 12.2. The Balaban J connectivity index is 2.16. The maximum Gasteiger partial charge on any atom is 0.225 e. The van der Waals surface area contributed by atoms with Gasteiger partial charge in [0.05, 0.1) is 18.6 Å². The lowest BCUT2D eigenvalue weighted by atomic mass is 10.0. The van der Waals surface area contributed by atoms with Gasteiger partial charge in [-0.25, -0.2) is 0 Å². The SMILES string of the molecule is CCCC(O)CNC(=O)C1CCCOC1.